The zero-order valence-corrected chi connectivity index (χ0v) is 7.69. The zero-order valence-electron chi connectivity index (χ0n) is 6.88. The number of H-pyrrole nitrogens is 1. The average molecular weight is 184 g/mol. The van der Waals surface area contributed by atoms with Crippen molar-refractivity contribution in [2.75, 3.05) is 0 Å². The van der Waals surface area contributed by atoms with Crippen LogP contribution in [0.1, 0.15) is 43.8 Å². The second-order valence-electron chi connectivity index (χ2n) is 3.32. The standard InChI is InChI=1S/C8H12N2OS/c11-8-9-7(10-12-8)6-4-2-1-3-5-6/h6H,1-5H2,(H,9,10,11). The number of rotatable bonds is 1. The van der Waals surface area contributed by atoms with Crippen molar-refractivity contribution < 1.29 is 0 Å². The first-order chi connectivity index (χ1) is 5.86. The maximum Gasteiger partial charge on any atom is 0.323 e. The lowest BCUT2D eigenvalue weighted by molar-refractivity contribution is 0.431. The molecule has 1 aromatic heterocycles. The van der Waals surface area contributed by atoms with Crippen molar-refractivity contribution in [2.45, 2.75) is 38.0 Å². The number of aromatic amines is 1. The van der Waals surface area contributed by atoms with E-state index in [0.29, 0.717) is 5.92 Å². The Morgan fingerprint density at radius 2 is 2.08 bits per heavy atom. The molecule has 2 rings (SSSR count). The third kappa shape index (κ3) is 1.58. The van der Waals surface area contributed by atoms with Gasteiger partial charge >= 0.3 is 4.87 Å². The molecule has 1 aliphatic carbocycles. The highest BCUT2D eigenvalue weighted by molar-refractivity contribution is 7.02. The highest BCUT2D eigenvalue weighted by Crippen LogP contribution is 2.30. The number of aromatic nitrogens is 2. The van der Waals surface area contributed by atoms with Crippen molar-refractivity contribution in [3.05, 3.63) is 15.5 Å². The maximum absolute atomic E-state index is 10.8. The van der Waals surface area contributed by atoms with Crippen LogP contribution >= 0.6 is 11.5 Å². The largest absolute Gasteiger partial charge is 0.323 e. The van der Waals surface area contributed by atoms with Crippen LogP contribution in [0, 0.1) is 0 Å². The minimum Gasteiger partial charge on any atom is -0.299 e. The predicted octanol–water partition coefficient (Wildman–Crippen LogP) is 1.88. The Balaban J connectivity index is 2.13. The van der Waals surface area contributed by atoms with Gasteiger partial charge in [-0.05, 0) is 12.8 Å². The van der Waals surface area contributed by atoms with E-state index in [1.165, 1.54) is 32.1 Å². The lowest BCUT2D eigenvalue weighted by Gasteiger charge is -2.18. The summed E-state index contributed by atoms with van der Waals surface area (Å²) in [6, 6.07) is 0. The summed E-state index contributed by atoms with van der Waals surface area (Å²) < 4.78 is 4.11. The molecule has 1 aliphatic rings. The summed E-state index contributed by atoms with van der Waals surface area (Å²) in [4.78, 5) is 13.6. The third-order valence-electron chi connectivity index (χ3n) is 2.45. The van der Waals surface area contributed by atoms with Crippen LogP contribution in [0.3, 0.4) is 0 Å². The summed E-state index contributed by atoms with van der Waals surface area (Å²) in [5.74, 6) is 1.45. The number of nitrogens with zero attached hydrogens (tertiary/aromatic N) is 1. The van der Waals surface area contributed by atoms with Gasteiger partial charge in [0.25, 0.3) is 0 Å². The number of hydrogen-bond donors (Lipinski definition) is 1. The van der Waals surface area contributed by atoms with E-state index in [4.69, 9.17) is 0 Å². The lowest BCUT2D eigenvalue weighted by atomic mass is 9.89. The van der Waals surface area contributed by atoms with Gasteiger partial charge in [0.15, 0.2) is 0 Å². The third-order valence-corrected chi connectivity index (χ3v) is 3.00. The van der Waals surface area contributed by atoms with Crippen molar-refractivity contribution in [2.24, 2.45) is 0 Å². The molecular formula is C8H12N2OS. The molecule has 0 aromatic carbocycles. The molecule has 1 N–H and O–H groups in total. The molecule has 0 unspecified atom stereocenters. The molecule has 1 saturated carbocycles. The fourth-order valence-electron chi connectivity index (χ4n) is 1.79. The van der Waals surface area contributed by atoms with E-state index in [2.05, 4.69) is 9.36 Å². The minimum absolute atomic E-state index is 0.0180. The molecule has 0 bridgehead atoms. The van der Waals surface area contributed by atoms with Gasteiger partial charge in [-0.3, -0.25) is 9.78 Å². The quantitative estimate of drug-likeness (QED) is 0.724. The number of nitrogens with one attached hydrogen (secondary N) is 1. The van der Waals surface area contributed by atoms with Gasteiger partial charge in [0.05, 0.1) is 0 Å². The van der Waals surface area contributed by atoms with Crippen molar-refractivity contribution in [3.8, 4) is 0 Å². The smallest absolute Gasteiger partial charge is 0.299 e. The Morgan fingerprint density at radius 1 is 1.33 bits per heavy atom. The Bertz CT molecular complexity index is 298. The monoisotopic (exact) mass is 184 g/mol. The van der Waals surface area contributed by atoms with Crippen LogP contribution < -0.4 is 4.87 Å². The first kappa shape index (κ1) is 7.98. The van der Waals surface area contributed by atoms with E-state index < -0.39 is 0 Å². The van der Waals surface area contributed by atoms with Crippen molar-refractivity contribution >= 4 is 11.5 Å². The number of hydrogen-bond acceptors (Lipinski definition) is 3. The van der Waals surface area contributed by atoms with Gasteiger partial charge in [0.2, 0.25) is 0 Å². The fourth-order valence-corrected chi connectivity index (χ4v) is 2.32. The summed E-state index contributed by atoms with van der Waals surface area (Å²) in [7, 11) is 0. The average Bonchev–Trinajstić information content (AvgIpc) is 2.54. The zero-order chi connectivity index (χ0) is 8.39. The topological polar surface area (TPSA) is 45.8 Å². The second kappa shape index (κ2) is 3.39. The van der Waals surface area contributed by atoms with Crippen LogP contribution in [-0.4, -0.2) is 9.36 Å². The second-order valence-corrected chi connectivity index (χ2v) is 4.05. The van der Waals surface area contributed by atoms with Gasteiger partial charge < -0.3 is 0 Å². The van der Waals surface area contributed by atoms with Crippen molar-refractivity contribution in [1.82, 2.24) is 9.36 Å². The Kier molecular flexibility index (Phi) is 2.26. The van der Waals surface area contributed by atoms with Gasteiger partial charge in [0, 0.05) is 17.5 Å². The predicted molar refractivity (Wildman–Crippen MR) is 48.6 cm³/mol. The summed E-state index contributed by atoms with van der Waals surface area (Å²) in [5, 5.41) is 0. The van der Waals surface area contributed by atoms with Crippen LogP contribution in [0.15, 0.2) is 4.79 Å². The molecule has 3 nitrogen and oxygen atoms in total. The Labute approximate surface area is 75.0 Å². The normalized spacial score (nSPS) is 19.7. The first-order valence-electron chi connectivity index (χ1n) is 4.42. The van der Waals surface area contributed by atoms with E-state index in [-0.39, 0.29) is 4.87 Å². The molecule has 1 aromatic rings. The molecule has 0 amide bonds. The molecule has 4 heteroatoms. The van der Waals surface area contributed by atoms with Gasteiger partial charge in [0.1, 0.15) is 5.82 Å². The molecule has 0 atom stereocenters. The van der Waals surface area contributed by atoms with E-state index in [1.54, 1.807) is 0 Å². The summed E-state index contributed by atoms with van der Waals surface area (Å²) in [6.07, 6.45) is 6.29. The van der Waals surface area contributed by atoms with Crippen molar-refractivity contribution in [3.63, 3.8) is 0 Å². The summed E-state index contributed by atoms with van der Waals surface area (Å²) >= 11 is 1.04. The Morgan fingerprint density at radius 3 is 2.67 bits per heavy atom. The van der Waals surface area contributed by atoms with Crippen molar-refractivity contribution in [1.29, 1.82) is 0 Å². The molecule has 12 heavy (non-hydrogen) atoms. The Hall–Kier alpha value is -0.640. The molecular weight excluding hydrogens is 172 g/mol. The lowest BCUT2D eigenvalue weighted by Crippen LogP contribution is -2.07. The molecule has 0 saturated heterocycles. The van der Waals surface area contributed by atoms with Gasteiger partial charge in [-0.1, -0.05) is 19.3 Å². The van der Waals surface area contributed by atoms with Crippen LogP contribution in [0.5, 0.6) is 0 Å². The molecule has 1 fully saturated rings. The van der Waals surface area contributed by atoms with Crippen LogP contribution in [0.2, 0.25) is 0 Å². The van der Waals surface area contributed by atoms with E-state index in [0.717, 1.165) is 17.4 Å². The first-order valence-corrected chi connectivity index (χ1v) is 5.19. The fraction of sp³-hybridized carbons (Fsp3) is 0.750. The van der Waals surface area contributed by atoms with E-state index in [1.807, 2.05) is 0 Å². The summed E-state index contributed by atoms with van der Waals surface area (Å²) in [6.45, 7) is 0. The van der Waals surface area contributed by atoms with Gasteiger partial charge in [-0.15, -0.1) is 0 Å². The van der Waals surface area contributed by atoms with Gasteiger partial charge in [-0.2, -0.15) is 4.37 Å². The maximum atomic E-state index is 10.8. The van der Waals surface area contributed by atoms with Crippen LogP contribution in [-0.2, 0) is 0 Å². The van der Waals surface area contributed by atoms with E-state index >= 15 is 0 Å². The molecule has 1 heterocycles. The van der Waals surface area contributed by atoms with Gasteiger partial charge in [-0.25, -0.2) is 0 Å². The highest BCUT2D eigenvalue weighted by Gasteiger charge is 2.17. The highest BCUT2D eigenvalue weighted by atomic mass is 32.1. The summed E-state index contributed by atoms with van der Waals surface area (Å²) in [5.41, 5.74) is 0. The van der Waals surface area contributed by atoms with Crippen LogP contribution in [0.25, 0.3) is 0 Å². The minimum atomic E-state index is -0.0180. The molecule has 66 valence electrons. The molecule has 0 spiro atoms. The molecule has 0 radical (unpaired) electrons. The van der Waals surface area contributed by atoms with Crippen LogP contribution in [0.4, 0.5) is 0 Å². The van der Waals surface area contributed by atoms with E-state index in [9.17, 15) is 4.79 Å². The molecule has 0 aliphatic heterocycles. The SMILES string of the molecule is O=c1[nH]c(C2CCCCC2)ns1.